The van der Waals surface area contributed by atoms with Gasteiger partial charge in [0.15, 0.2) is 5.11 Å². The minimum Gasteiger partial charge on any atom is -0.349 e. The molecule has 0 aliphatic carbocycles. The van der Waals surface area contributed by atoms with E-state index in [2.05, 4.69) is 17.1 Å². The van der Waals surface area contributed by atoms with Crippen molar-refractivity contribution in [2.75, 3.05) is 31.5 Å². The van der Waals surface area contributed by atoms with Crippen LogP contribution in [0.1, 0.15) is 39.0 Å². The summed E-state index contributed by atoms with van der Waals surface area (Å²) in [5.74, 6) is 0.658. The van der Waals surface area contributed by atoms with Crippen molar-refractivity contribution in [2.45, 2.75) is 43.9 Å². The Bertz CT molecular complexity index is 698. The van der Waals surface area contributed by atoms with Crippen molar-refractivity contribution in [1.82, 2.24) is 9.21 Å². The van der Waals surface area contributed by atoms with Crippen LogP contribution < -0.4 is 5.32 Å². The highest BCUT2D eigenvalue weighted by Crippen LogP contribution is 2.22. The number of hydrogen-bond donors (Lipinski definition) is 1. The average Bonchev–Trinajstić information content (AvgIpc) is 2.63. The Morgan fingerprint density at radius 2 is 1.76 bits per heavy atom. The average molecular weight is 382 g/mol. The molecule has 2 saturated heterocycles. The molecule has 0 bridgehead atoms. The third kappa shape index (κ3) is 4.51. The quantitative estimate of drug-likeness (QED) is 0.814. The van der Waals surface area contributed by atoms with Crippen molar-refractivity contribution in [1.29, 1.82) is 0 Å². The maximum atomic E-state index is 12.7. The summed E-state index contributed by atoms with van der Waals surface area (Å²) in [6, 6.07) is 6.95. The number of nitrogens with one attached hydrogen (secondary N) is 1. The van der Waals surface area contributed by atoms with Crippen molar-refractivity contribution >= 4 is 33.0 Å². The normalized spacial score (nSPS) is 22.6. The lowest BCUT2D eigenvalue weighted by atomic mass is 10.0. The summed E-state index contributed by atoms with van der Waals surface area (Å²) in [5.41, 5.74) is 0.834. The predicted octanol–water partition coefficient (Wildman–Crippen LogP) is 3.29. The van der Waals surface area contributed by atoms with Gasteiger partial charge in [0.1, 0.15) is 0 Å². The van der Waals surface area contributed by atoms with Gasteiger partial charge in [-0.1, -0.05) is 13.3 Å². The topological polar surface area (TPSA) is 52.7 Å². The van der Waals surface area contributed by atoms with Gasteiger partial charge < -0.3 is 10.2 Å². The molecule has 0 saturated carbocycles. The Morgan fingerprint density at radius 3 is 2.40 bits per heavy atom. The molecule has 1 aromatic carbocycles. The Balaban J connectivity index is 1.64. The summed E-state index contributed by atoms with van der Waals surface area (Å²) in [4.78, 5) is 2.56. The molecule has 7 heteroatoms. The second kappa shape index (κ2) is 8.01. The summed E-state index contributed by atoms with van der Waals surface area (Å²) >= 11 is 5.51. The first-order chi connectivity index (χ1) is 12.0. The number of likely N-dealkylation sites (tertiary alicyclic amines) is 1. The van der Waals surface area contributed by atoms with E-state index in [4.69, 9.17) is 12.2 Å². The maximum Gasteiger partial charge on any atom is 0.243 e. The summed E-state index contributed by atoms with van der Waals surface area (Å²) in [6.07, 6.45) is 5.42. The molecule has 0 amide bonds. The maximum absolute atomic E-state index is 12.7. The molecule has 5 nitrogen and oxygen atoms in total. The molecule has 0 radical (unpaired) electrons. The lowest BCUT2D eigenvalue weighted by Crippen LogP contribution is -2.41. The Labute approximate surface area is 156 Å². The number of sulfonamides is 1. The zero-order valence-corrected chi connectivity index (χ0v) is 16.4. The van der Waals surface area contributed by atoms with E-state index in [1.165, 1.54) is 6.42 Å². The molecule has 138 valence electrons. The van der Waals surface area contributed by atoms with Gasteiger partial charge in [0.25, 0.3) is 0 Å². The fourth-order valence-electron chi connectivity index (χ4n) is 3.54. The number of rotatable bonds is 3. The first-order valence-corrected chi connectivity index (χ1v) is 11.0. The van der Waals surface area contributed by atoms with Crippen molar-refractivity contribution in [3.8, 4) is 0 Å². The van der Waals surface area contributed by atoms with E-state index < -0.39 is 10.0 Å². The molecule has 3 rings (SSSR count). The molecule has 1 atom stereocenters. The molecule has 2 heterocycles. The van der Waals surface area contributed by atoms with Crippen LogP contribution >= 0.6 is 12.2 Å². The molecule has 0 aromatic heterocycles. The summed E-state index contributed by atoms with van der Waals surface area (Å²) < 4.78 is 26.9. The lowest BCUT2D eigenvalue weighted by Gasteiger charge is -2.33. The first-order valence-electron chi connectivity index (χ1n) is 9.13. The van der Waals surface area contributed by atoms with Crippen LogP contribution in [0.15, 0.2) is 29.2 Å². The van der Waals surface area contributed by atoms with Crippen LogP contribution in [0.4, 0.5) is 5.69 Å². The monoisotopic (exact) mass is 381 g/mol. The van der Waals surface area contributed by atoms with Crippen LogP contribution in [-0.4, -0.2) is 48.9 Å². The SMILES string of the molecule is C[C@@H]1CCCN(C(=S)Nc2ccc(S(=O)(=O)N3CCCCC3)cc2)C1. The molecular formula is C18H27N3O2S2. The van der Waals surface area contributed by atoms with Crippen LogP contribution in [0.5, 0.6) is 0 Å². The number of hydrogen-bond acceptors (Lipinski definition) is 3. The van der Waals surface area contributed by atoms with Crippen LogP contribution in [-0.2, 0) is 10.0 Å². The van der Waals surface area contributed by atoms with E-state index in [9.17, 15) is 8.42 Å². The van der Waals surface area contributed by atoms with Crippen LogP contribution in [0, 0.1) is 5.92 Å². The van der Waals surface area contributed by atoms with E-state index in [1.54, 1.807) is 28.6 Å². The highest BCUT2D eigenvalue weighted by Gasteiger charge is 2.25. The minimum absolute atomic E-state index is 0.359. The molecule has 1 N–H and O–H groups in total. The van der Waals surface area contributed by atoms with Gasteiger partial charge >= 0.3 is 0 Å². The van der Waals surface area contributed by atoms with Gasteiger partial charge in [0.05, 0.1) is 4.90 Å². The molecule has 0 unspecified atom stereocenters. The smallest absolute Gasteiger partial charge is 0.243 e. The minimum atomic E-state index is -3.37. The van der Waals surface area contributed by atoms with Crippen molar-refractivity contribution in [3.05, 3.63) is 24.3 Å². The lowest BCUT2D eigenvalue weighted by molar-refractivity contribution is 0.276. The number of anilines is 1. The van der Waals surface area contributed by atoms with Crippen molar-refractivity contribution in [3.63, 3.8) is 0 Å². The van der Waals surface area contributed by atoms with Crippen LogP contribution in [0.3, 0.4) is 0 Å². The molecule has 0 spiro atoms. The van der Waals surface area contributed by atoms with Gasteiger partial charge in [-0.2, -0.15) is 4.31 Å². The molecule has 2 aliphatic heterocycles. The summed E-state index contributed by atoms with van der Waals surface area (Å²) in [7, 11) is -3.37. The molecule has 2 fully saturated rings. The summed E-state index contributed by atoms with van der Waals surface area (Å²) in [5, 5.41) is 3.96. The zero-order valence-electron chi connectivity index (χ0n) is 14.8. The molecule has 25 heavy (non-hydrogen) atoms. The van der Waals surface area contributed by atoms with E-state index in [-0.39, 0.29) is 0 Å². The second-order valence-corrected chi connectivity index (χ2v) is 9.44. The standard InChI is InChI=1S/C18H27N3O2S2/c1-15-6-5-11-20(14-15)18(24)19-16-7-9-17(10-8-16)25(22,23)21-12-3-2-4-13-21/h7-10,15H,2-6,11-14H2,1H3,(H,19,24)/t15-/m1/s1. The van der Waals surface area contributed by atoms with E-state index in [0.717, 1.165) is 49.6 Å². The van der Waals surface area contributed by atoms with Crippen molar-refractivity contribution < 1.29 is 8.42 Å². The first kappa shape index (κ1) is 18.6. The largest absolute Gasteiger partial charge is 0.349 e. The zero-order chi connectivity index (χ0) is 17.9. The third-order valence-corrected chi connectivity index (χ3v) is 7.28. The Hall–Kier alpha value is -1.18. The molecular weight excluding hydrogens is 354 g/mol. The van der Waals surface area contributed by atoms with Gasteiger partial charge in [-0.25, -0.2) is 8.42 Å². The van der Waals surface area contributed by atoms with E-state index in [1.807, 2.05) is 0 Å². The number of benzene rings is 1. The van der Waals surface area contributed by atoms with Crippen LogP contribution in [0.25, 0.3) is 0 Å². The highest BCUT2D eigenvalue weighted by atomic mass is 32.2. The van der Waals surface area contributed by atoms with E-state index >= 15 is 0 Å². The van der Waals surface area contributed by atoms with Gasteiger partial charge in [-0.05, 0) is 68.1 Å². The van der Waals surface area contributed by atoms with Gasteiger partial charge in [-0.15, -0.1) is 0 Å². The summed E-state index contributed by atoms with van der Waals surface area (Å²) in [6.45, 7) is 5.46. The fourth-order valence-corrected chi connectivity index (χ4v) is 5.34. The van der Waals surface area contributed by atoms with Gasteiger partial charge in [0, 0.05) is 31.9 Å². The Kier molecular flexibility index (Phi) is 5.96. The number of nitrogens with zero attached hydrogens (tertiary/aromatic N) is 2. The van der Waals surface area contributed by atoms with Gasteiger partial charge in [0.2, 0.25) is 10.0 Å². The number of piperidine rings is 2. The fraction of sp³-hybridized carbons (Fsp3) is 0.611. The molecule has 1 aromatic rings. The van der Waals surface area contributed by atoms with Crippen LogP contribution in [0.2, 0.25) is 0 Å². The Morgan fingerprint density at radius 1 is 1.08 bits per heavy atom. The predicted molar refractivity (Wildman–Crippen MR) is 105 cm³/mol. The van der Waals surface area contributed by atoms with Crippen molar-refractivity contribution in [2.24, 2.45) is 5.92 Å². The third-order valence-electron chi connectivity index (χ3n) is 5.00. The molecule has 2 aliphatic rings. The van der Waals surface area contributed by atoms with E-state index in [0.29, 0.717) is 23.9 Å². The number of thiocarbonyl (C=S) groups is 1. The van der Waals surface area contributed by atoms with Gasteiger partial charge in [-0.3, -0.25) is 0 Å². The second-order valence-electron chi connectivity index (χ2n) is 7.11. The highest BCUT2D eigenvalue weighted by molar-refractivity contribution is 7.89.